The maximum atomic E-state index is 12.6. The number of aryl methyl sites for hydroxylation is 1. The molecule has 21 heavy (non-hydrogen) atoms. The van der Waals surface area contributed by atoms with Crippen LogP contribution in [0.25, 0.3) is 0 Å². The minimum absolute atomic E-state index is 0.0257. The fourth-order valence-corrected chi connectivity index (χ4v) is 3.14. The maximum Gasteiger partial charge on any atom is 0.241 e. The van der Waals surface area contributed by atoms with E-state index in [1.54, 1.807) is 0 Å². The lowest BCUT2D eigenvalue weighted by Crippen LogP contribution is -2.33. The summed E-state index contributed by atoms with van der Waals surface area (Å²) in [6.07, 6.45) is 4.03. The van der Waals surface area contributed by atoms with Gasteiger partial charge in [-0.3, -0.25) is 10.1 Å². The van der Waals surface area contributed by atoms with E-state index in [1.807, 2.05) is 22.7 Å². The lowest BCUT2D eigenvalue weighted by molar-refractivity contribution is -0.130. The lowest BCUT2D eigenvalue weighted by Gasteiger charge is -2.26. The van der Waals surface area contributed by atoms with Crippen LogP contribution in [0.3, 0.4) is 0 Å². The van der Waals surface area contributed by atoms with E-state index in [9.17, 15) is 4.79 Å². The quantitative estimate of drug-likeness (QED) is 0.875. The second-order valence-corrected chi connectivity index (χ2v) is 7.03. The zero-order valence-corrected chi connectivity index (χ0v) is 14.2. The highest BCUT2D eigenvalue weighted by atomic mass is 32.2. The molecule has 0 aromatic heterocycles. The Hall–Kier alpha value is -1.00. The summed E-state index contributed by atoms with van der Waals surface area (Å²) in [5, 5.41) is 4.09. The summed E-state index contributed by atoms with van der Waals surface area (Å²) in [6, 6.07) is 8.30. The van der Waals surface area contributed by atoms with E-state index in [0.29, 0.717) is 5.25 Å². The zero-order valence-electron chi connectivity index (χ0n) is 13.4. The van der Waals surface area contributed by atoms with Crippen molar-refractivity contribution in [2.24, 2.45) is 0 Å². The minimum atomic E-state index is -0.0424. The normalized spacial score (nSPS) is 23.6. The third-order valence-corrected chi connectivity index (χ3v) is 5.36. The molecule has 4 heteroatoms. The predicted octanol–water partition coefficient (Wildman–Crippen LogP) is 3.35. The first-order chi connectivity index (χ1) is 10.1. The number of rotatable bonds is 6. The summed E-state index contributed by atoms with van der Waals surface area (Å²) in [5.74, 6) is 0.249. The molecule has 116 valence electrons. The van der Waals surface area contributed by atoms with Crippen LogP contribution >= 0.6 is 11.8 Å². The van der Waals surface area contributed by atoms with Crippen LogP contribution in [0.15, 0.2) is 24.3 Å². The average molecular weight is 306 g/mol. The van der Waals surface area contributed by atoms with Gasteiger partial charge in [0.05, 0.1) is 6.04 Å². The molecule has 1 aliphatic heterocycles. The Morgan fingerprint density at radius 1 is 1.38 bits per heavy atom. The highest BCUT2D eigenvalue weighted by Gasteiger charge is 2.38. The Morgan fingerprint density at radius 2 is 2.10 bits per heavy atom. The van der Waals surface area contributed by atoms with Gasteiger partial charge in [0, 0.05) is 11.8 Å². The summed E-state index contributed by atoms with van der Waals surface area (Å²) < 4.78 is 0. The van der Waals surface area contributed by atoms with E-state index in [-0.39, 0.29) is 18.1 Å². The van der Waals surface area contributed by atoms with E-state index in [0.717, 1.165) is 19.4 Å². The number of carbonyl (C=O) groups is 1. The topological polar surface area (TPSA) is 32.3 Å². The number of carbonyl (C=O) groups excluding carboxylic acids is 1. The first kappa shape index (κ1) is 16.4. The van der Waals surface area contributed by atoms with Gasteiger partial charge in [-0.2, -0.15) is 11.8 Å². The fraction of sp³-hybridized carbons (Fsp3) is 0.588. The van der Waals surface area contributed by atoms with Crippen molar-refractivity contribution < 1.29 is 4.79 Å². The number of hydrogen-bond donors (Lipinski definition) is 1. The third kappa shape index (κ3) is 3.61. The second-order valence-electron chi connectivity index (χ2n) is 5.75. The van der Waals surface area contributed by atoms with Gasteiger partial charge in [-0.1, -0.05) is 38.1 Å². The van der Waals surface area contributed by atoms with Crippen LogP contribution < -0.4 is 5.32 Å². The van der Waals surface area contributed by atoms with Gasteiger partial charge in [-0.25, -0.2) is 0 Å². The number of nitrogens with one attached hydrogen (secondary N) is 1. The van der Waals surface area contributed by atoms with Crippen LogP contribution in [-0.2, 0) is 4.79 Å². The van der Waals surface area contributed by atoms with Gasteiger partial charge >= 0.3 is 0 Å². The molecule has 3 unspecified atom stereocenters. The standard InChI is InChI=1S/C17H26N2OS/c1-5-15-17(20)19(11-10-13(3)21-4)16(18-15)14-9-7-6-8-12(14)2/h6-9,13,15-16,18H,5,10-11H2,1-4H3. The zero-order chi connectivity index (χ0) is 15.4. The number of benzene rings is 1. The van der Waals surface area contributed by atoms with Crippen LogP contribution in [0, 0.1) is 6.92 Å². The van der Waals surface area contributed by atoms with Crippen molar-refractivity contribution in [3.8, 4) is 0 Å². The van der Waals surface area contributed by atoms with Gasteiger partial charge in [0.15, 0.2) is 0 Å². The minimum Gasteiger partial charge on any atom is -0.322 e. The molecular weight excluding hydrogens is 280 g/mol. The molecular formula is C17H26N2OS. The highest BCUT2D eigenvalue weighted by molar-refractivity contribution is 7.99. The Balaban J connectivity index is 2.20. The number of hydrogen-bond acceptors (Lipinski definition) is 3. The second kappa shape index (κ2) is 7.32. The molecule has 3 nitrogen and oxygen atoms in total. The SMILES string of the molecule is CCC1NC(c2ccccc2C)N(CCC(C)SC)C1=O. The number of thioether (sulfide) groups is 1. The van der Waals surface area contributed by atoms with Crippen molar-refractivity contribution in [2.45, 2.75) is 51.1 Å². The van der Waals surface area contributed by atoms with E-state index in [1.165, 1.54) is 11.1 Å². The molecule has 1 N–H and O–H groups in total. The summed E-state index contributed by atoms with van der Waals surface area (Å²) in [6.45, 7) is 7.23. The predicted molar refractivity (Wildman–Crippen MR) is 90.4 cm³/mol. The van der Waals surface area contributed by atoms with Gasteiger partial charge in [-0.15, -0.1) is 0 Å². The molecule has 1 aliphatic rings. The molecule has 1 heterocycles. The maximum absolute atomic E-state index is 12.6. The van der Waals surface area contributed by atoms with Crippen molar-refractivity contribution in [1.29, 1.82) is 0 Å². The molecule has 1 amide bonds. The summed E-state index contributed by atoms with van der Waals surface area (Å²) in [7, 11) is 0. The molecule has 3 atom stereocenters. The van der Waals surface area contributed by atoms with Crippen LogP contribution in [0.5, 0.6) is 0 Å². The molecule has 0 saturated carbocycles. The highest BCUT2D eigenvalue weighted by Crippen LogP contribution is 2.29. The molecule has 0 radical (unpaired) electrons. The largest absolute Gasteiger partial charge is 0.322 e. The van der Waals surface area contributed by atoms with Crippen molar-refractivity contribution in [3.05, 3.63) is 35.4 Å². The van der Waals surface area contributed by atoms with Gasteiger partial charge < -0.3 is 4.90 Å². The first-order valence-electron chi connectivity index (χ1n) is 7.73. The Bertz CT molecular complexity index is 491. The van der Waals surface area contributed by atoms with Crippen LogP contribution in [0.4, 0.5) is 0 Å². The van der Waals surface area contributed by atoms with E-state index < -0.39 is 0 Å². The van der Waals surface area contributed by atoms with Crippen molar-refractivity contribution >= 4 is 17.7 Å². The molecule has 0 spiro atoms. The summed E-state index contributed by atoms with van der Waals surface area (Å²) in [4.78, 5) is 14.6. The Labute approximate surface area is 132 Å². The van der Waals surface area contributed by atoms with Crippen LogP contribution in [-0.4, -0.2) is 34.9 Å². The van der Waals surface area contributed by atoms with Gasteiger partial charge in [-0.05, 0) is 37.1 Å². The molecule has 1 aromatic carbocycles. The van der Waals surface area contributed by atoms with Crippen molar-refractivity contribution in [3.63, 3.8) is 0 Å². The number of nitrogens with zero attached hydrogens (tertiary/aromatic N) is 1. The van der Waals surface area contributed by atoms with Gasteiger partial charge in [0.1, 0.15) is 6.17 Å². The van der Waals surface area contributed by atoms with Crippen molar-refractivity contribution in [1.82, 2.24) is 10.2 Å². The van der Waals surface area contributed by atoms with Crippen LogP contribution in [0.1, 0.15) is 44.0 Å². The van der Waals surface area contributed by atoms with Crippen LogP contribution in [0.2, 0.25) is 0 Å². The Kier molecular flexibility index (Phi) is 5.71. The lowest BCUT2D eigenvalue weighted by atomic mass is 10.1. The smallest absolute Gasteiger partial charge is 0.241 e. The monoisotopic (exact) mass is 306 g/mol. The molecule has 1 saturated heterocycles. The summed E-state index contributed by atoms with van der Waals surface area (Å²) in [5.41, 5.74) is 2.46. The molecule has 0 aliphatic carbocycles. The summed E-state index contributed by atoms with van der Waals surface area (Å²) >= 11 is 1.86. The molecule has 1 fully saturated rings. The van der Waals surface area contributed by atoms with Crippen molar-refractivity contribution in [2.75, 3.05) is 12.8 Å². The third-order valence-electron chi connectivity index (χ3n) is 4.32. The van der Waals surface area contributed by atoms with E-state index in [4.69, 9.17) is 0 Å². The number of amides is 1. The molecule has 1 aromatic rings. The first-order valence-corrected chi connectivity index (χ1v) is 9.02. The molecule has 0 bridgehead atoms. The Morgan fingerprint density at radius 3 is 2.71 bits per heavy atom. The fourth-order valence-electron chi connectivity index (χ4n) is 2.80. The average Bonchev–Trinajstić information content (AvgIpc) is 2.81. The van der Waals surface area contributed by atoms with Gasteiger partial charge in [0.25, 0.3) is 0 Å². The molecule has 2 rings (SSSR count). The van der Waals surface area contributed by atoms with Gasteiger partial charge in [0.2, 0.25) is 5.91 Å². The van der Waals surface area contributed by atoms with E-state index >= 15 is 0 Å². The van der Waals surface area contributed by atoms with E-state index in [2.05, 4.69) is 50.5 Å².